The van der Waals surface area contributed by atoms with Crippen LogP contribution in [0.25, 0.3) is 0 Å². The van der Waals surface area contributed by atoms with Crippen LogP contribution in [0.2, 0.25) is 0 Å². The van der Waals surface area contributed by atoms with Gasteiger partial charge in [-0.1, -0.05) is 6.07 Å². The van der Waals surface area contributed by atoms with E-state index in [4.69, 9.17) is 0 Å². The molecule has 1 saturated heterocycles. The highest BCUT2D eigenvalue weighted by Gasteiger charge is 2.21. The van der Waals surface area contributed by atoms with Crippen LogP contribution < -0.4 is 10.2 Å². The summed E-state index contributed by atoms with van der Waals surface area (Å²) in [5.41, 5.74) is 2.17. The second kappa shape index (κ2) is 6.43. The van der Waals surface area contributed by atoms with Crippen LogP contribution in [0.15, 0.2) is 42.9 Å². The van der Waals surface area contributed by atoms with Crippen molar-refractivity contribution in [2.45, 2.75) is 6.92 Å². The first kappa shape index (κ1) is 14.3. The summed E-state index contributed by atoms with van der Waals surface area (Å²) in [7, 11) is 0. The summed E-state index contributed by atoms with van der Waals surface area (Å²) in [6, 6.07) is 7.63. The van der Waals surface area contributed by atoms with Crippen LogP contribution in [-0.2, 0) is 0 Å². The predicted octanol–water partition coefficient (Wildman–Crippen LogP) is 2.14. The van der Waals surface area contributed by atoms with Crippen molar-refractivity contribution in [2.75, 3.05) is 36.4 Å². The van der Waals surface area contributed by atoms with E-state index in [1.165, 1.54) is 0 Å². The fourth-order valence-electron chi connectivity index (χ4n) is 2.44. The smallest absolute Gasteiger partial charge is 0.323 e. The maximum absolute atomic E-state index is 12.2. The molecule has 0 atom stereocenters. The maximum Gasteiger partial charge on any atom is 0.323 e. The number of pyridine rings is 2. The molecule has 0 unspecified atom stereocenters. The minimum atomic E-state index is -0.0952. The van der Waals surface area contributed by atoms with Crippen LogP contribution >= 0.6 is 0 Å². The predicted molar refractivity (Wildman–Crippen MR) is 86.0 cm³/mol. The minimum absolute atomic E-state index is 0.0952. The molecule has 1 fully saturated rings. The number of aryl methyl sites for hydroxylation is 1. The summed E-state index contributed by atoms with van der Waals surface area (Å²) in [5, 5.41) is 2.84. The molecule has 1 aliphatic rings. The number of nitrogens with zero attached hydrogens (tertiary/aromatic N) is 4. The number of amides is 2. The summed E-state index contributed by atoms with van der Waals surface area (Å²) in [4.78, 5) is 24.6. The number of nitrogens with one attached hydrogen (secondary N) is 1. The zero-order valence-corrected chi connectivity index (χ0v) is 12.6. The van der Waals surface area contributed by atoms with Crippen molar-refractivity contribution in [3.05, 3.63) is 48.4 Å². The van der Waals surface area contributed by atoms with Gasteiger partial charge in [-0.3, -0.25) is 10.3 Å². The van der Waals surface area contributed by atoms with E-state index in [1.54, 1.807) is 12.4 Å². The molecule has 2 aromatic rings. The maximum atomic E-state index is 12.2. The van der Waals surface area contributed by atoms with Gasteiger partial charge in [0, 0.05) is 38.6 Å². The Kier molecular flexibility index (Phi) is 4.18. The third kappa shape index (κ3) is 3.33. The number of carbonyl (C=O) groups excluding carboxylic acids is 1. The van der Waals surface area contributed by atoms with Gasteiger partial charge in [0.1, 0.15) is 5.82 Å². The molecule has 0 bridgehead atoms. The van der Waals surface area contributed by atoms with E-state index in [0.717, 1.165) is 24.3 Å². The van der Waals surface area contributed by atoms with Gasteiger partial charge in [-0.15, -0.1) is 0 Å². The van der Waals surface area contributed by atoms with Crippen molar-refractivity contribution in [3.8, 4) is 0 Å². The monoisotopic (exact) mass is 297 g/mol. The first-order valence-electron chi connectivity index (χ1n) is 7.36. The Balaban J connectivity index is 1.54. The van der Waals surface area contributed by atoms with E-state index in [2.05, 4.69) is 20.2 Å². The summed E-state index contributed by atoms with van der Waals surface area (Å²) in [6.45, 7) is 4.95. The molecule has 0 spiro atoms. The highest BCUT2D eigenvalue weighted by molar-refractivity contribution is 5.88. The van der Waals surface area contributed by atoms with Crippen molar-refractivity contribution in [2.24, 2.45) is 0 Å². The number of hydrogen-bond donors (Lipinski definition) is 1. The molecule has 0 aromatic carbocycles. The number of piperazine rings is 1. The summed E-state index contributed by atoms with van der Waals surface area (Å²) < 4.78 is 0. The lowest BCUT2D eigenvalue weighted by atomic mass is 10.3. The fraction of sp³-hybridized carbons (Fsp3) is 0.312. The molecule has 6 nitrogen and oxygen atoms in total. The van der Waals surface area contributed by atoms with Crippen LogP contribution in [-0.4, -0.2) is 47.1 Å². The van der Waals surface area contributed by atoms with Gasteiger partial charge >= 0.3 is 6.03 Å². The van der Waals surface area contributed by atoms with Gasteiger partial charge in [-0.2, -0.15) is 0 Å². The molecule has 0 aliphatic carbocycles. The Morgan fingerprint density at radius 2 is 1.95 bits per heavy atom. The number of carbonyl (C=O) groups is 1. The first-order chi connectivity index (χ1) is 10.7. The van der Waals surface area contributed by atoms with Gasteiger partial charge in [0.25, 0.3) is 0 Å². The molecule has 2 amide bonds. The Labute approximate surface area is 129 Å². The standard InChI is InChI=1S/C16H19N5O/c1-13-4-5-15(18-11-13)19-16(22)21-9-7-20(8-10-21)14-3-2-6-17-12-14/h2-6,11-12H,7-10H2,1H3,(H,18,19,22). The van der Waals surface area contributed by atoms with Crippen LogP contribution in [0.1, 0.15) is 5.56 Å². The molecule has 6 heteroatoms. The third-order valence-electron chi connectivity index (χ3n) is 3.72. The van der Waals surface area contributed by atoms with E-state index in [0.29, 0.717) is 18.9 Å². The average molecular weight is 297 g/mol. The lowest BCUT2D eigenvalue weighted by molar-refractivity contribution is 0.208. The van der Waals surface area contributed by atoms with Crippen molar-refractivity contribution in [3.63, 3.8) is 0 Å². The first-order valence-corrected chi connectivity index (χ1v) is 7.36. The van der Waals surface area contributed by atoms with Gasteiger partial charge < -0.3 is 9.80 Å². The minimum Gasteiger partial charge on any atom is -0.367 e. The molecular formula is C16H19N5O. The van der Waals surface area contributed by atoms with E-state index < -0.39 is 0 Å². The van der Waals surface area contributed by atoms with E-state index in [-0.39, 0.29) is 6.03 Å². The molecule has 22 heavy (non-hydrogen) atoms. The molecule has 0 radical (unpaired) electrons. The molecule has 0 saturated carbocycles. The molecule has 2 aromatic heterocycles. The highest BCUT2D eigenvalue weighted by Crippen LogP contribution is 2.15. The molecule has 3 rings (SSSR count). The molecule has 1 N–H and O–H groups in total. The quantitative estimate of drug-likeness (QED) is 0.922. The van der Waals surface area contributed by atoms with E-state index in [9.17, 15) is 4.79 Å². The van der Waals surface area contributed by atoms with Crippen LogP contribution in [0.4, 0.5) is 16.3 Å². The number of anilines is 2. The number of aromatic nitrogens is 2. The van der Waals surface area contributed by atoms with Crippen molar-refractivity contribution in [1.29, 1.82) is 0 Å². The van der Waals surface area contributed by atoms with Gasteiger partial charge in [0.05, 0.1) is 11.9 Å². The SMILES string of the molecule is Cc1ccc(NC(=O)N2CCN(c3cccnc3)CC2)nc1. The van der Waals surface area contributed by atoms with Crippen LogP contribution in [0.5, 0.6) is 0 Å². The lowest BCUT2D eigenvalue weighted by Crippen LogP contribution is -2.50. The number of rotatable bonds is 2. The van der Waals surface area contributed by atoms with Crippen molar-refractivity contribution in [1.82, 2.24) is 14.9 Å². The number of hydrogen-bond acceptors (Lipinski definition) is 4. The molecule has 3 heterocycles. The largest absolute Gasteiger partial charge is 0.367 e. The fourth-order valence-corrected chi connectivity index (χ4v) is 2.44. The highest BCUT2D eigenvalue weighted by atomic mass is 16.2. The zero-order valence-electron chi connectivity index (χ0n) is 12.6. The van der Waals surface area contributed by atoms with E-state index >= 15 is 0 Å². The normalized spacial score (nSPS) is 14.8. The second-order valence-electron chi connectivity index (χ2n) is 5.34. The Morgan fingerprint density at radius 3 is 2.59 bits per heavy atom. The summed E-state index contributed by atoms with van der Waals surface area (Å²) >= 11 is 0. The molecular weight excluding hydrogens is 278 g/mol. The van der Waals surface area contributed by atoms with Crippen LogP contribution in [0.3, 0.4) is 0 Å². The average Bonchev–Trinajstić information content (AvgIpc) is 2.58. The van der Waals surface area contributed by atoms with Gasteiger partial charge in [-0.25, -0.2) is 9.78 Å². The lowest BCUT2D eigenvalue weighted by Gasteiger charge is -2.35. The Bertz CT molecular complexity index is 621. The van der Waals surface area contributed by atoms with Gasteiger partial charge in [-0.05, 0) is 30.7 Å². The topological polar surface area (TPSA) is 61.4 Å². The third-order valence-corrected chi connectivity index (χ3v) is 3.72. The zero-order chi connectivity index (χ0) is 15.4. The van der Waals surface area contributed by atoms with E-state index in [1.807, 2.05) is 42.3 Å². The van der Waals surface area contributed by atoms with Crippen molar-refractivity contribution < 1.29 is 4.79 Å². The molecule has 114 valence electrons. The van der Waals surface area contributed by atoms with Gasteiger partial charge in [0.15, 0.2) is 0 Å². The van der Waals surface area contributed by atoms with Crippen molar-refractivity contribution >= 4 is 17.5 Å². The number of urea groups is 1. The molecule has 1 aliphatic heterocycles. The Morgan fingerprint density at radius 1 is 1.14 bits per heavy atom. The summed E-state index contributed by atoms with van der Waals surface area (Å²) in [5.74, 6) is 0.588. The van der Waals surface area contributed by atoms with Gasteiger partial charge in [0.2, 0.25) is 0 Å². The summed E-state index contributed by atoms with van der Waals surface area (Å²) in [6.07, 6.45) is 5.36. The Hall–Kier alpha value is -2.63. The van der Waals surface area contributed by atoms with Crippen LogP contribution in [0, 0.1) is 6.92 Å². The second-order valence-corrected chi connectivity index (χ2v) is 5.34.